The van der Waals surface area contributed by atoms with Crippen LogP contribution in [-0.2, 0) is 11.3 Å². The van der Waals surface area contributed by atoms with E-state index in [0.29, 0.717) is 6.54 Å². The second kappa shape index (κ2) is 4.40. The van der Waals surface area contributed by atoms with Crippen LogP contribution < -0.4 is 11.1 Å². The summed E-state index contributed by atoms with van der Waals surface area (Å²) >= 11 is 0. The van der Waals surface area contributed by atoms with E-state index >= 15 is 0 Å². The fourth-order valence-electron chi connectivity index (χ4n) is 1.62. The quantitative estimate of drug-likeness (QED) is 0.781. The van der Waals surface area contributed by atoms with Crippen LogP contribution in [0.4, 0.5) is 5.69 Å². The Labute approximate surface area is 88.9 Å². The molecule has 1 amide bonds. The molecule has 1 saturated carbocycles. The summed E-state index contributed by atoms with van der Waals surface area (Å²) in [6, 6.07) is 3.64. The van der Waals surface area contributed by atoms with Crippen molar-refractivity contribution in [3.63, 3.8) is 0 Å². The Bertz CT molecular complexity index is 361. The van der Waals surface area contributed by atoms with Crippen LogP contribution in [-0.4, -0.2) is 10.9 Å². The fraction of sp³-hybridized carbons (Fsp3) is 0.455. The lowest BCUT2D eigenvalue weighted by atomic mass is 9.85. The maximum atomic E-state index is 11.7. The van der Waals surface area contributed by atoms with Crippen molar-refractivity contribution >= 4 is 11.6 Å². The van der Waals surface area contributed by atoms with Crippen molar-refractivity contribution in [1.82, 2.24) is 4.98 Å². The maximum absolute atomic E-state index is 11.7. The van der Waals surface area contributed by atoms with Gasteiger partial charge in [0.15, 0.2) is 0 Å². The first kappa shape index (κ1) is 10.1. The zero-order valence-electron chi connectivity index (χ0n) is 8.57. The summed E-state index contributed by atoms with van der Waals surface area (Å²) in [5.74, 6) is 0.291. The van der Waals surface area contributed by atoms with Crippen molar-refractivity contribution < 1.29 is 4.79 Å². The lowest BCUT2D eigenvalue weighted by Crippen LogP contribution is -2.28. The summed E-state index contributed by atoms with van der Waals surface area (Å²) in [6.45, 7) is 0.348. The maximum Gasteiger partial charge on any atom is 0.227 e. The number of carbonyl (C=O) groups excluding carboxylic acids is 1. The van der Waals surface area contributed by atoms with Crippen LogP contribution in [0.3, 0.4) is 0 Å². The van der Waals surface area contributed by atoms with Gasteiger partial charge in [-0.2, -0.15) is 0 Å². The first-order valence-electron chi connectivity index (χ1n) is 5.26. The smallest absolute Gasteiger partial charge is 0.227 e. The van der Waals surface area contributed by atoms with Crippen LogP contribution in [0.1, 0.15) is 25.0 Å². The average molecular weight is 205 g/mol. The molecule has 0 saturated heterocycles. The topological polar surface area (TPSA) is 68.0 Å². The van der Waals surface area contributed by atoms with Crippen LogP contribution in [0.5, 0.6) is 0 Å². The Morgan fingerprint density at radius 2 is 2.40 bits per heavy atom. The van der Waals surface area contributed by atoms with Gasteiger partial charge in [0.2, 0.25) is 5.91 Å². The van der Waals surface area contributed by atoms with Crippen LogP contribution >= 0.6 is 0 Å². The number of nitrogens with one attached hydrogen (secondary N) is 1. The van der Waals surface area contributed by atoms with E-state index in [1.807, 2.05) is 6.07 Å². The van der Waals surface area contributed by atoms with E-state index in [4.69, 9.17) is 5.73 Å². The second-order valence-electron chi connectivity index (χ2n) is 3.82. The van der Waals surface area contributed by atoms with Crippen molar-refractivity contribution in [3.8, 4) is 0 Å². The molecule has 80 valence electrons. The Balaban J connectivity index is 2.05. The molecule has 0 unspecified atom stereocenters. The van der Waals surface area contributed by atoms with E-state index in [1.54, 1.807) is 12.3 Å². The molecule has 4 heteroatoms. The van der Waals surface area contributed by atoms with Gasteiger partial charge < -0.3 is 11.1 Å². The molecule has 15 heavy (non-hydrogen) atoms. The molecule has 0 aromatic carbocycles. The molecule has 0 aliphatic heterocycles. The lowest BCUT2D eigenvalue weighted by Gasteiger charge is -2.24. The molecule has 3 N–H and O–H groups in total. The molecule has 1 aromatic rings. The summed E-state index contributed by atoms with van der Waals surface area (Å²) in [4.78, 5) is 15.8. The zero-order valence-corrected chi connectivity index (χ0v) is 8.57. The van der Waals surface area contributed by atoms with E-state index in [0.717, 1.165) is 30.6 Å². The first-order chi connectivity index (χ1) is 7.31. The molecule has 1 aliphatic rings. The molecule has 4 nitrogen and oxygen atoms in total. The Morgan fingerprint density at radius 1 is 1.60 bits per heavy atom. The van der Waals surface area contributed by atoms with Gasteiger partial charge in [-0.1, -0.05) is 6.42 Å². The van der Waals surface area contributed by atoms with Gasteiger partial charge in [-0.15, -0.1) is 0 Å². The average Bonchev–Trinajstić information content (AvgIpc) is 2.15. The molecule has 0 atom stereocenters. The molecule has 0 radical (unpaired) electrons. The molecule has 0 spiro atoms. The van der Waals surface area contributed by atoms with Gasteiger partial charge in [0.05, 0.1) is 11.4 Å². The van der Waals surface area contributed by atoms with Gasteiger partial charge in [-0.25, -0.2) is 0 Å². The monoisotopic (exact) mass is 205 g/mol. The van der Waals surface area contributed by atoms with Crippen LogP contribution in [0, 0.1) is 5.92 Å². The molecule has 1 fully saturated rings. The van der Waals surface area contributed by atoms with E-state index in [2.05, 4.69) is 10.3 Å². The van der Waals surface area contributed by atoms with E-state index in [9.17, 15) is 4.79 Å². The van der Waals surface area contributed by atoms with E-state index in [1.165, 1.54) is 0 Å². The summed E-state index contributed by atoms with van der Waals surface area (Å²) in [7, 11) is 0. The highest BCUT2D eigenvalue weighted by Gasteiger charge is 2.25. The highest BCUT2D eigenvalue weighted by molar-refractivity contribution is 5.93. The minimum atomic E-state index is 0.101. The molecular weight excluding hydrogens is 190 g/mol. The number of anilines is 1. The van der Waals surface area contributed by atoms with Gasteiger partial charge in [0.25, 0.3) is 0 Å². The Hall–Kier alpha value is -1.42. The molecule has 1 aromatic heterocycles. The molecule has 1 heterocycles. The van der Waals surface area contributed by atoms with Gasteiger partial charge in [0, 0.05) is 18.7 Å². The third kappa shape index (κ3) is 2.15. The Kier molecular flexibility index (Phi) is 2.97. The van der Waals surface area contributed by atoms with Crippen molar-refractivity contribution in [2.75, 3.05) is 5.32 Å². The van der Waals surface area contributed by atoms with Crippen molar-refractivity contribution in [3.05, 3.63) is 24.0 Å². The zero-order chi connectivity index (χ0) is 10.7. The van der Waals surface area contributed by atoms with Crippen molar-refractivity contribution in [2.45, 2.75) is 25.8 Å². The number of carbonyl (C=O) groups is 1. The van der Waals surface area contributed by atoms with Gasteiger partial charge in [0.1, 0.15) is 0 Å². The predicted molar refractivity (Wildman–Crippen MR) is 58.1 cm³/mol. The standard InChI is InChI=1S/C11H15N3O/c12-7-10-9(5-2-6-13-10)14-11(15)8-3-1-4-8/h2,5-6,8H,1,3-4,7,12H2,(H,14,15). The number of pyridine rings is 1. The van der Waals surface area contributed by atoms with Gasteiger partial charge >= 0.3 is 0 Å². The molecule has 1 aliphatic carbocycles. The largest absolute Gasteiger partial charge is 0.325 e. The minimum absolute atomic E-state index is 0.101. The number of nitrogens with two attached hydrogens (primary N) is 1. The van der Waals surface area contributed by atoms with Crippen LogP contribution in [0.2, 0.25) is 0 Å². The molecular formula is C11H15N3O. The number of aromatic nitrogens is 1. The first-order valence-corrected chi connectivity index (χ1v) is 5.26. The van der Waals surface area contributed by atoms with E-state index in [-0.39, 0.29) is 11.8 Å². The van der Waals surface area contributed by atoms with Crippen molar-refractivity contribution in [1.29, 1.82) is 0 Å². The summed E-state index contributed by atoms with van der Waals surface area (Å²) < 4.78 is 0. The van der Waals surface area contributed by atoms with Crippen molar-refractivity contribution in [2.24, 2.45) is 11.7 Å². The molecule has 2 rings (SSSR count). The number of hydrogen-bond acceptors (Lipinski definition) is 3. The normalized spacial score (nSPS) is 15.8. The second-order valence-corrected chi connectivity index (χ2v) is 3.82. The van der Waals surface area contributed by atoms with Gasteiger partial charge in [-0.05, 0) is 25.0 Å². The summed E-state index contributed by atoms with van der Waals surface area (Å²) in [5, 5.41) is 2.88. The lowest BCUT2D eigenvalue weighted by molar-refractivity contribution is -0.122. The molecule has 0 bridgehead atoms. The van der Waals surface area contributed by atoms with Crippen LogP contribution in [0.25, 0.3) is 0 Å². The highest BCUT2D eigenvalue weighted by Crippen LogP contribution is 2.27. The summed E-state index contributed by atoms with van der Waals surface area (Å²) in [6.07, 6.45) is 4.85. The number of amides is 1. The number of rotatable bonds is 3. The third-order valence-corrected chi connectivity index (χ3v) is 2.82. The Morgan fingerprint density at radius 3 is 3.00 bits per heavy atom. The summed E-state index contributed by atoms with van der Waals surface area (Å²) in [5.41, 5.74) is 7.02. The number of nitrogens with zero attached hydrogens (tertiary/aromatic N) is 1. The fourth-order valence-corrected chi connectivity index (χ4v) is 1.62. The predicted octanol–water partition coefficient (Wildman–Crippen LogP) is 1.28. The van der Waals surface area contributed by atoms with E-state index < -0.39 is 0 Å². The third-order valence-electron chi connectivity index (χ3n) is 2.82. The van der Waals surface area contributed by atoms with Gasteiger partial charge in [-0.3, -0.25) is 9.78 Å². The minimum Gasteiger partial charge on any atom is -0.325 e. The highest BCUT2D eigenvalue weighted by atomic mass is 16.1. The van der Waals surface area contributed by atoms with Crippen LogP contribution in [0.15, 0.2) is 18.3 Å². The number of hydrogen-bond donors (Lipinski definition) is 2. The SMILES string of the molecule is NCc1ncccc1NC(=O)C1CCC1.